The first-order valence-corrected chi connectivity index (χ1v) is 3.53. The molecule has 0 aliphatic rings. The molecule has 0 fully saturated rings. The van der Waals surface area contributed by atoms with Gasteiger partial charge in [-0.05, 0) is 17.5 Å². The molecular weight excluding hydrogens is 134 g/mol. The first-order chi connectivity index (χ1) is 5.38. The first kappa shape index (κ1) is 6.23. The molecule has 0 unspecified atom stereocenters. The molecule has 0 aliphatic heterocycles. The van der Waals surface area contributed by atoms with E-state index in [2.05, 4.69) is 6.07 Å². The van der Waals surface area contributed by atoms with Crippen LogP contribution in [0.4, 0.5) is 5.69 Å². The van der Waals surface area contributed by atoms with Gasteiger partial charge in [-0.2, -0.15) is 0 Å². The molecule has 53 valence electrons. The van der Waals surface area contributed by atoms with Crippen molar-refractivity contribution in [3.05, 3.63) is 42.5 Å². The summed E-state index contributed by atoms with van der Waals surface area (Å²) in [6.45, 7) is 0. The van der Waals surface area contributed by atoms with Gasteiger partial charge in [-0.15, -0.1) is 0 Å². The van der Waals surface area contributed by atoms with Crippen LogP contribution >= 0.6 is 0 Å². The van der Waals surface area contributed by atoms with Crippen molar-refractivity contribution in [2.75, 3.05) is 5.73 Å². The Morgan fingerprint density at radius 1 is 1.09 bits per heavy atom. The molecule has 0 saturated heterocycles. The summed E-state index contributed by atoms with van der Waals surface area (Å²) in [4.78, 5) is 0. The van der Waals surface area contributed by atoms with E-state index in [-0.39, 0.29) is 0 Å². The molecule has 0 aromatic heterocycles. The van der Waals surface area contributed by atoms with E-state index in [1.807, 2.05) is 36.4 Å². The van der Waals surface area contributed by atoms with Gasteiger partial charge in [0.25, 0.3) is 0 Å². The third kappa shape index (κ3) is 0.944. The summed E-state index contributed by atoms with van der Waals surface area (Å²) in [5.74, 6) is 0. The summed E-state index contributed by atoms with van der Waals surface area (Å²) in [5.41, 5.74) is 6.56. The van der Waals surface area contributed by atoms with Crippen LogP contribution in [-0.4, -0.2) is 0 Å². The second-order valence-electron chi connectivity index (χ2n) is 2.48. The molecule has 11 heavy (non-hydrogen) atoms. The minimum Gasteiger partial charge on any atom is -0.398 e. The highest BCUT2D eigenvalue weighted by molar-refractivity contribution is 5.92. The number of nitrogen functional groups attached to an aromatic ring is 1. The first-order valence-electron chi connectivity index (χ1n) is 3.53. The van der Waals surface area contributed by atoms with Crippen LogP contribution in [0.1, 0.15) is 0 Å². The zero-order valence-electron chi connectivity index (χ0n) is 6.04. The Balaban J connectivity index is 2.91. The minimum absolute atomic E-state index is 0.819. The van der Waals surface area contributed by atoms with E-state index in [1.54, 1.807) is 0 Å². The Labute approximate surface area is 65.5 Å². The fourth-order valence-electron chi connectivity index (χ4n) is 1.17. The molecule has 0 heterocycles. The highest BCUT2D eigenvalue weighted by Gasteiger charge is 1.93. The van der Waals surface area contributed by atoms with Crippen molar-refractivity contribution >= 4 is 16.5 Å². The molecule has 2 N–H and O–H groups in total. The maximum Gasteiger partial charge on any atom is 0.0394 e. The number of fused-ring (bicyclic) bond motifs is 1. The van der Waals surface area contributed by atoms with Crippen LogP contribution in [0.3, 0.4) is 0 Å². The Bertz CT molecular complexity index is 374. The standard InChI is InChI=1S/C10H8N/c11-10-7-3-5-8-4-1-2-6-9(8)10/h1-4,6-7H,11H2. The lowest BCUT2D eigenvalue weighted by Crippen LogP contribution is -1.85. The van der Waals surface area contributed by atoms with Crippen LogP contribution < -0.4 is 5.73 Å². The number of rotatable bonds is 0. The van der Waals surface area contributed by atoms with Crippen LogP contribution in [0.5, 0.6) is 0 Å². The van der Waals surface area contributed by atoms with Crippen LogP contribution in [0, 0.1) is 6.07 Å². The average molecular weight is 142 g/mol. The molecule has 0 saturated carbocycles. The fourth-order valence-corrected chi connectivity index (χ4v) is 1.17. The number of hydrogen-bond acceptors (Lipinski definition) is 1. The zero-order chi connectivity index (χ0) is 7.68. The predicted octanol–water partition coefficient (Wildman–Crippen LogP) is 2.22. The van der Waals surface area contributed by atoms with Crippen molar-refractivity contribution < 1.29 is 0 Å². The van der Waals surface area contributed by atoms with Crippen molar-refractivity contribution in [2.24, 2.45) is 0 Å². The minimum atomic E-state index is 0.819. The summed E-state index contributed by atoms with van der Waals surface area (Å²) in [6, 6.07) is 14.8. The van der Waals surface area contributed by atoms with Gasteiger partial charge in [0.05, 0.1) is 0 Å². The van der Waals surface area contributed by atoms with Gasteiger partial charge in [-0.3, -0.25) is 0 Å². The molecule has 0 bridgehead atoms. The second-order valence-corrected chi connectivity index (χ2v) is 2.48. The Hall–Kier alpha value is -1.50. The quantitative estimate of drug-likeness (QED) is 0.561. The summed E-state index contributed by atoms with van der Waals surface area (Å²) in [7, 11) is 0. The summed E-state index contributed by atoms with van der Waals surface area (Å²) in [5, 5.41) is 2.16. The van der Waals surface area contributed by atoms with Gasteiger partial charge in [0.1, 0.15) is 0 Å². The van der Waals surface area contributed by atoms with Gasteiger partial charge in [-0.1, -0.05) is 30.3 Å². The molecule has 2 aromatic carbocycles. The summed E-state index contributed by atoms with van der Waals surface area (Å²) >= 11 is 0. The molecule has 0 aliphatic carbocycles. The molecule has 2 aromatic rings. The van der Waals surface area contributed by atoms with E-state index in [1.165, 1.54) is 0 Å². The number of benzene rings is 2. The molecule has 1 radical (unpaired) electrons. The third-order valence-corrected chi connectivity index (χ3v) is 1.74. The number of anilines is 1. The topological polar surface area (TPSA) is 26.0 Å². The largest absolute Gasteiger partial charge is 0.398 e. The number of nitrogens with two attached hydrogens (primary N) is 1. The van der Waals surface area contributed by atoms with E-state index in [0.717, 1.165) is 16.5 Å². The summed E-state index contributed by atoms with van der Waals surface area (Å²) < 4.78 is 0. The van der Waals surface area contributed by atoms with Crippen LogP contribution in [-0.2, 0) is 0 Å². The monoisotopic (exact) mass is 142 g/mol. The van der Waals surface area contributed by atoms with Gasteiger partial charge in [0.15, 0.2) is 0 Å². The highest BCUT2D eigenvalue weighted by Crippen LogP contribution is 2.18. The molecule has 0 atom stereocenters. The second kappa shape index (κ2) is 2.27. The lowest BCUT2D eigenvalue weighted by Gasteiger charge is -1.98. The van der Waals surface area contributed by atoms with Gasteiger partial charge in [0, 0.05) is 11.1 Å². The van der Waals surface area contributed by atoms with E-state index < -0.39 is 0 Å². The van der Waals surface area contributed by atoms with E-state index in [9.17, 15) is 0 Å². The van der Waals surface area contributed by atoms with Crippen molar-refractivity contribution in [3.8, 4) is 0 Å². The molecule has 1 heteroatoms. The van der Waals surface area contributed by atoms with Crippen molar-refractivity contribution in [3.63, 3.8) is 0 Å². The third-order valence-electron chi connectivity index (χ3n) is 1.74. The van der Waals surface area contributed by atoms with Crippen molar-refractivity contribution in [1.29, 1.82) is 0 Å². The highest BCUT2D eigenvalue weighted by atomic mass is 14.5. The van der Waals surface area contributed by atoms with E-state index in [4.69, 9.17) is 5.73 Å². The van der Waals surface area contributed by atoms with Gasteiger partial charge < -0.3 is 5.73 Å². The lowest BCUT2D eigenvalue weighted by molar-refractivity contribution is 1.72. The van der Waals surface area contributed by atoms with Crippen LogP contribution in [0.15, 0.2) is 36.4 Å². The van der Waals surface area contributed by atoms with Crippen molar-refractivity contribution in [1.82, 2.24) is 0 Å². The Kier molecular flexibility index (Phi) is 1.29. The molecule has 2 rings (SSSR count). The SMILES string of the molecule is Nc1cc[c]c2ccccc12. The molecular formula is C10H8N. The smallest absolute Gasteiger partial charge is 0.0394 e. The summed E-state index contributed by atoms with van der Waals surface area (Å²) in [6.07, 6.45) is 0. The van der Waals surface area contributed by atoms with Crippen molar-refractivity contribution in [2.45, 2.75) is 0 Å². The fraction of sp³-hybridized carbons (Fsp3) is 0. The van der Waals surface area contributed by atoms with Gasteiger partial charge in [0.2, 0.25) is 0 Å². The zero-order valence-corrected chi connectivity index (χ0v) is 6.04. The number of hydrogen-bond donors (Lipinski definition) is 1. The normalized spacial score (nSPS) is 10.2. The molecule has 1 nitrogen and oxygen atoms in total. The maximum atomic E-state index is 5.74. The predicted molar refractivity (Wildman–Crippen MR) is 47.2 cm³/mol. The van der Waals surface area contributed by atoms with E-state index >= 15 is 0 Å². The van der Waals surface area contributed by atoms with Gasteiger partial charge >= 0.3 is 0 Å². The molecule has 0 amide bonds. The Morgan fingerprint density at radius 2 is 1.91 bits per heavy atom. The maximum absolute atomic E-state index is 5.74. The lowest BCUT2D eigenvalue weighted by atomic mass is 10.1. The van der Waals surface area contributed by atoms with Crippen LogP contribution in [0.25, 0.3) is 10.8 Å². The Morgan fingerprint density at radius 3 is 2.73 bits per heavy atom. The van der Waals surface area contributed by atoms with Crippen LogP contribution in [0.2, 0.25) is 0 Å². The molecule has 0 spiro atoms. The van der Waals surface area contributed by atoms with E-state index in [0.29, 0.717) is 0 Å². The van der Waals surface area contributed by atoms with Gasteiger partial charge in [-0.25, -0.2) is 0 Å². The average Bonchev–Trinajstić information content (AvgIpc) is 2.06.